The second-order valence-corrected chi connectivity index (χ2v) is 5.95. The van der Waals surface area contributed by atoms with E-state index >= 15 is 0 Å². The Morgan fingerprint density at radius 3 is 2.50 bits per heavy atom. The number of carboxylic acid groups (broad SMARTS) is 1. The van der Waals surface area contributed by atoms with Crippen LogP contribution in [0.4, 0.5) is 0 Å². The predicted octanol–water partition coefficient (Wildman–Crippen LogP) is 1.85. The van der Waals surface area contributed by atoms with Crippen LogP contribution in [0, 0.1) is 13.8 Å². The van der Waals surface area contributed by atoms with Crippen LogP contribution in [0.15, 0.2) is 36.5 Å². The number of aromatic carboxylic acids is 1. The summed E-state index contributed by atoms with van der Waals surface area (Å²) in [5.41, 5.74) is 3.29. The van der Waals surface area contributed by atoms with Gasteiger partial charge >= 0.3 is 5.97 Å². The van der Waals surface area contributed by atoms with Crippen LogP contribution in [0.25, 0.3) is 5.69 Å². The number of nitrogens with zero attached hydrogens (tertiary/aromatic N) is 4. The molecule has 0 bridgehead atoms. The van der Waals surface area contributed by atoms with E-state index in [0.29, 0.717) is 0 Å². The molecule has 0 aliphatic carbocycles. The van der Waals surface area contributed by atoms with Gasteiger partial charge in [-0.1, -0.05) is 18.2 Å². The average molecular weight is 353 g/mol. The van der Waals surface area contributed by atoms with Crippen molar-refractivity contribution in [3.05, 3.63) is 64.7 Å². The lowest BCUT2D eigenvalue weighted by atomic mass is 10.2. The van der Waals surface area contributed by atoms with Crippen LogP contribution in [0.3, 0.4) is 0 Å². The summed E-state index contributed by atoms with van der Waals surface area (Å²) in [6.07, 6.45) is 1.31. The molecular formula is C18H19N5O3. The number of hydrogen-bond acceptors (Lipinski definition) is 4. The Morgan fingerprint density at radius 1 is 1.15 bits per heavy atom. The normalized spacial score (nSPS) is 10.7. The number of rotatable bonds is 5. The number of amides is 1. The van der Waals surface area contributed by atoms with Crippen molar-refractivity contribution >= 4 is 11.9 Å². The van der Waals surface area contributed by atoms with Crippen LogP contribution in [-0.2, 0) is 13.6 Å². The van der Waals surface area contributed by atoms with Crippen molar-refractivity contribution in [1.29, 1.82) is 0 Å². The Labute approximate surface area is 150 Å². The van der Waals surface area contributed by atoms with Crippen molar-refractivity contribution in [2.45, 2.75) is 20.4 Å². The predicted molar refractivity (Wildman–Crippen MR) is 94.4 cm³/mol. The molecule has 0 aliphatic heterocycles. The van der Waals surface area contributed by atoms with Gasteiger partial charge in [0.25, 0.3) is 5.91 Å². The monoisotopic (exact) mass is 353 g/mol. The molecule has 0 fully saturated rings. The number of aryl methyl sites for hydroxylation is 2. The van der Waals surface area contributed by atoms with Gasteiger partial charge in [-0.2, -0.15) is 10.2 Å². The smallest absolute Gasteiger partial charge is 0.339 e. The standard InChI is InChI=1S/C18H19N5O3/c1-11-14(12(2)23(20-11)13-7-5-4-6-8-13)9-19-17(24)16-15(18(25)26)10-22(3)21-16/h4-8,10H,9H2,1-3H3,(H,19,24)(H,25,26). The maximum absolute atomic E-state index is 12.4. The number of carbonyl (C=O) groups is 2. The lowest BCUT2D eigenvalue weighted by Gasteiger charge is -2.06. The molecule has 0 unspecified atom stereocenters. The zero-order valence-electron chi connectivity index (χ0n) is 14.7. The Bertz CT molecular complexity index is 972. The van der Waals surface area contributed by atoms with E-state index in [1.54, 1.807) is 7.05 Å². The van der Waals surface area contributed by atoms with E-state index in [1.165, 1.54) is 10.9 Å². The van der Waals surface area contributed by atoms with Crippen LogP contribution in [0.1, 0.15) is 37.8 Å². The van der Waals surface area contributed by atoms with Gasteiger partial charge < -0.3 is 10.4 Å². The van der Waals surface area contributed by atoms with Gasteiger partial charge in [0, 0.05) is 31.0 Å². The molecule has 1 aromatic carbocycles. The number of nitrogens with one attached hydrogen (secondary N) is 1. The Balaban J connectivity index is 1.82. The van der Waals surface area contributed by atoms with Crippen LogP contribution in [0.2, 0.25) is 0 Å². The van der Waals surface area contributed by atoms with E-state index < -0.39 is 11.9 Å². The highest BCUT2D eigenvalue weighted by molar-refractivity contribution is 6.03. The van der Waals surface area contributed by atoms with Gasteiger partial charge in [0.15, 0.2) is 5.69 Å². The number of carbonyl (C=O) groups excluding carboxylic acids is 1. The third-order valence-corrected chi connectivity index (χ3v) is 4.14. The fourth-order valence-corrected chi connectivity index (χ4v) is 2.82. The van der Waals surface area contributed by atoms with Crippen molar-refractivity contribution in [2.24, 2.45) is 7.05 Å². The SMILES string of the molecule is Cc1nn(-c2ccccc2)c(C)c1CNC(=O)c1nn(C)cc1C(=O)O. The summed E-state index contributed by atoms with van der Waals surface area (Å²) in [5, 5.41) is 20.4. The average Bonchev–Trinajstić information content (AvgIpc) is 3.14. The highest BCUT2D eigenvalue weighted by atomic mass is 16.4. The summed E-state index contributed by atoms with van der Waals surface area (Å²) in [5.74, 6) is -1.72. The van der Waals surface area contributed by atoms with Crippen molar-refractivity contribution in [3.8, 4) is 5.69 Å². The summed E-state index contributed by atoms with van der Waals surface area (Å²) < 4.78 is 3.13. The Morgan fingerprint density at radius 2 is 1.85 bits per heavy atom. The number of para-hydroxylation sites is 1. The molecule has 0 spiro atoms. The molecule has 8 heteroatoms. The van der Waals surface area contributed by atoms with Crippen LogP contribution < -0.4 is 5.32 Å². The minimum absolute atomic E-state index is 0.106. The fraction of sp³-hybridized carbons (Fsp3) is 0.222. The molecule has 0 radical (unpaired) electrons. The second-order valence-electron chi connectivity index (χ2n) is 5.95. The Hall–Kier alpha value is -3.42. The topological polar surface area (TPSA) is 102 Å². The van der Waals surface area contributed by atoms with E-state index in [9.17, 15) is 14.7 Å². The third-order valence-electron chi connectivity index (χ3n) is 4.14. The number of carboxylic acids is 1. The first-order valence-electron chi connectivity index (χ1n) is 8.04. The van der Waals surface area contributed by atoms with Gasteiger partial charge in [-0.15, -0.1) is 0 Å². The highest BCUT2D eigenvalue weighted by Crippen LogP contribution is 2.18. The summed E-state index contributed by atoms with van der Waals surface area (Å²) in [7, 11) is 1.57. The van der Waals surface area contributed by atoms with E-state index in [0.717, 1.165) is 22.6 Å². The first-order valence-corrected chi connectivity index (χ1v) is 8.04. The highest BCUT2D eigenvalue weighted by Gasteiger charge is 2.21. The van der Waals surface area contributed by atoms with Crippen LogP contribution >= 0.6 is 0 Å². The molecule has 3 aromatic rings. The number of benzene rings is 1. The largest absolute Gasteiger partial charge is 0.478 e. The first kappa shape index (κ1) is 17.4. The molecule has 2 heterocycles. The molecule has 0 saturated carbocycles. The summed E-state index contributed by atoms with van der Waals surface area (Å²) in [6.45, 7) is 4.04. The lowest BCUT2D eigenvalue weighted by Crippen LogP contribution is -2.25. The summed E-state index contributed by atoms with van der Waals surface area (Å²) in [4.78, 5) is 23.6. The number of hydrogen-bond donors (Lipinski definition) is 2. The summed E-state index contributed by atoms with van der Waals surface area (Å²) in [6, 6.07) is 9.70. The fourth-order valence-electron chi connectivity index (χ4n) is 2.82. The van der Waals surface area contributed by atoms with E-state index in [-0.39, 0.29) is 17.8 Å². The minimum atomic E-state index is -1.19. The molecule has 3 rings (SSSR count). The molecule has 134 valence electrons. The molecule has 0 atom stereocenters. The zero-order chi connectivity index (χ0) is 18.8. The van der Waals surface area contributed by atoms with E-state index in [2.05, 4.69) is 15.5 Å². The van der Waals surface area contributed by atoms with Gasteiger partial charge in [0.05, 0.1) is 11.4 Å². The molecule has 8 nitrogen and oxygen atoms in total. The van der Waals surface area contributed by atoms with Crippen molar-refractivity contribution in [2.75, 3.05) is 0 Å². The molecule has 2 N–H and O–H groups in total. The van der Waals surface area contributed by atoms with E-state index in [4.69, 9.17) is 0 Å². The maximum Gasteiger partial charge on any atom is 0.339 e. The Kier molecular flexibility index (Phi) is 4.57. The van der Waals surface area contributed by atoms with E-state index in [1.807, 2.05) is 48.9 Å². The molecule has 26 heavy (non-hydrogen) atoms. The molecular weight excluding hydrogens is 334 g/mol. The summed E-state index contributed by atoms with van der Waals surface area (Å²) >= 11 is 0. The quantitative estimate of drug-likeness (QED) is 0.729. The molecule has 0 aliphatic rings. The molecule has 0 saturated heterocycles. The van der Waals surface area contributed by atoms with Crippen molar-refractivity contribution in [3.63, 3.8) is 0 Å². The van der Waals surface area contributed by atoms with Gasteiger partial charge in [-0.25, -0.2) is 9.48 Å². The second kappa shape index (κ2) is 6.83. The number of aromatic nitrogens is 4. The van der Waals surface area contributed by atoms with Crippen LogP contribution in [-0.4, -0.2) is 36.5 Å². The van der Waals surface area contributed by atoms with Gasteiger partial charge in [0.2, 0.25) is 0 Å². The third kappa shape index (κ3) is 3.21. The maximum atomic E-state index is 12.4. The molecule has 1 amide bonds. The van der Waals surface area contributed by atoms with Crippen molar-refractivity contribution in [1.82, 2.24) is 24.9 Å². The van der Waals surface area contributed by atoms with Gasteiger partial charge in [-0.3, -0.25) is 9.48 Å². The van der Waals surface area contributed by atoms with Gasteiger partial charge in [0.1, 0.15) is 5.56 Å². The first-order chi connectivity index (χ1) is 12.4. The van der Waals surface area contributed by atoms with Gasteiger partial charge in [-0.05, 0) is 26.0 Å². The molecule has 2 aromatic heterocycles. The van der Waals surface area contributed by atoms with Crippen LogP contribution in [0.5, 0.6) is 0 Å². The van der Waals surface area contributed by atoms with Crippen molar-refractivity contribution < 1.29 is 14.7 Å². The minimum Gasteiger partial charge on any atom is -0.478 e. The lowest BCUT2D eigenvalue weighted by molar-refractivity contribution is 0.0691. The zero-order valence-corrected chi connectivity index (χ0v) is 14.7.